The maximum atomic E-state index is 12.4. The predicted molar refractivity (Wildman–Crippen MR) is 204 cm³/mol. The summed E-state index contributed by atoms with van der Waals surface area (Å²) in [5, 5.41) is 33.4. The Morgan fingerprint density at radius 3 is 1.45 bits per heavy atom. The first-order valence-corrected chi connectivity index (χ1v) is 20.6. The molecule has 0 fully saturated rings. The summed E-state index contributed by atoms with van der Waals surface area (Å²) >= 11 is 0. The van der Waals surface area contributed by atoms with Gasteiger partial charge in [-0.05, 0) is 38.5 Å². The molecule has 4 N–H and O–H groups in total. The highest BCUT2D eigenvalue weighted by Crippen LogP contribution is 2.16. The Bertz CT molecular complexity index is 694. The lowest BCUT2D eigenvalue weighted by atomic mass is 9.99. The van der Waals surface area contributed by atoms with Crippen LogP contribution in [0.5, 0.6) is 0 Å². The molecule has 0 aromatic carbocycles. The Balaban J connectivity index is 3.60. The van der Waals surface area contributed by atoms with E-state index in [2.05, 4.69) is 43.5 Å². The number of aliphatic hydroxyl groups excluding tert-OH is 3. The fourth-order valence-electron chi connectivity index (χ4n) is 6.38. The zero-order valence-corrected chi connectivity index (χ0v) is 31.4. The maximum Gasteiger partial charge on any atom is 0.220 e. The van der Waals surface area contributed by atoms with Gasteiger partial charge in [-0.15, -0.1) is 0 Å². The SMILES string of the molecule is CC/C=C\C/C=C\CCCCCCCCCCCCCCCCC(=O)NC(CO)C(O)C(O)CCCCCCCCCCCCCC. The molecular formula is C42H81NO4. The Labute approximate surface area is 292 Å². The normalized spacial score (nSPS) is 13.9. The summed E-state index contributed by atoms with van der Waals surface area (Å²) in [6, 6.07) is -0.805. The van der Waals surface area contributed by atoms with Crippen LogP contribution in [0.25, 0.3) is 0 Å². The van der Waals surface area contributed by atoms with Crippen LogP contribution in [-0.4, -0.2) is 46.1 Å². The molecule has 47 heavy (non-hydrogen) atoms. The Kier molecular flexibility index (Phi) is 36.7. The van der Waals surface area contributed by atoms with Crippen molar-refractivity contribution >= 4 is 5.91 Å². The number of carbonyl (C=O) groups is 1. The highest BCUT2D eigenvalue weighted by molar-refractivity contribution is 5.76. The molecule has 0 aromatic heterocycles. The monoisotopic (exact) mass is 664 g/mol. The second kappa shape index (κ2) is 37.6. The zero-order chi connectivity index (χ0) is 34.5. The lowest BCUT2D eigenvalue weighted by Gasteiger charge is -2.26. The van der Waals surface area contributed by atoms with Crippen LogP contribution < -0.4 is 5.32 Å². The summed E-state index contributed by atoms with van der Waals surface area (Å²) in [5.74, 6) is -0.145. The Hall–Kier alpha value is -1.17. The van der Waals surface area contributed by atoms with E-state index < -0.39 is 18.2 Å². The number of aliphatic hydroxyl groups is 3. The highest BCUT2D eigenvalue weighted by atomic mass is 16.3. The molecule has 3 unspecified atom stereocenters. The quantitative estimate of drug-likeness (QED) is 0.0393. The van der Waals surface area contributed by atoms with E-state index in [-0.39, 0.29) is 12.5 Å². The minimum Gasteiger partial charge on any atom is -0.394 e. The number of hydrogen-bond donors (Lipinski definition) is 4. The van der Waals surface area contributed by atoms with Crippen LogP contribution in [-0.2, 0) is 4.79 Å². The third-order valence-electron chi connectivity index (χ3n) is 9.57. The van der Waals surface area contributed by atoms with Crippen LogP contribution in [0, 0.1) is 0 Å². The molecule has 0 rings (SSSR count). The molecule has 0 bridgehead atoms. The van der Waals surface area contributed by atoms with Crippen molar-refractivity contribution in [2.75, 3.05) is 6.61 Å². The minimum atomic E-state index is -1.13. The summed E-state index contributed by atoms with van der Waals surface area (Å²) < 4.78 is 0. The van der Waals surface area contributed by atoms with Gasteiger partial charge in [-0.1, -0.05) is 192 Å². The smallest absolute Gasteiger partial charge is 0.220 e. The first-order valence-electron chi connectivity index (χ1n) is 20.6. The lowest BCUT2D eigenvalue weighted by Crippen LogP contribution is -2.50. The summed E-state index contributed by atoms with van der Waals surface area (Å²) in [6.07, 6.45) is 44.2. The third kappa shape index (κ3) is 33.1. The van der Waals surface area contributed by atoms with Crippen molar-refractivity contribution in [1.82, 2.24) is 5.32 Å². The molecular weight excluding hydrogens is 582 g/mol. The molecule has 0 saturated heterocycles. The third-order valence-corrected chi connectivity index (χ3v) is 9.57. The minimum absolute atomic E-state index is 0.145. The van der Waals surface area contributed by atoms with E-state index in [4.69, 9.17) is 0 Å². The largest absolute Gasteiger partial charge is 0.394 e. The van der Waals surface area contributed by atoms with Gasteiger partial charge in [0.25, 0.3) is 0 Å². The number of allylic oxidation sites excluding steroid dienone is 4. The molecule has 5 nitrogen and oxygen atoms in total. The molecule has 0 aromatic rings. The lowest BCUT2D eigenvalue weighted by molar-refractivity contribution is -0.124. The summed E-state index contributed by atoms with van der Waals surface area (Å²) in [7, 11) is 0. The van der Waals surface area contributed by atoms with E-state index in [1.165, 1.54) is 135 Å². The maximum absolute atomic E-state index is 12.4. The van der Waals surface area contributed by atoms with Crippen molar-refractivity contribution in [3.8, 4) is 0 Å². The summed E-state index contributed by atoms with van der Waals surface area (Å²) in [4.78, 5) is 12.4. The number of carbonyl (C=O) groups excluding carboxylic acids is 1. The zero-order valence-electron chi connectivity index (χ0n) is 31.4. The molecule has 278 valence electrons. The van der Waals surface area contributed by atoms with Crippen molar-refractivity contribution in [3.05, 3.63) is 24.3 Å². The first kappa shape index (κ1) is 45.8. The van der Waals surface area contributed by atoms with Crippen molar-refractivity contribution in [2.24, 2.45) is 0 Å². The molecule has 0 radical (unpaired) electrons. The van der Waals surface area contributed by atoms with Gasteiger partial charge in [-0.2, -0.15) is 0 Å². The van der Waals surface area contributed by atoms with Crippen molar-refractivity contribution in [1.29, 1.82) is 0 Å². The number of nitrogens with one attached hydrogen (secondary N) is 1. The van der Waals surface area contributed by atoms with Gasteiger partial charge in [0.1, 0.15) is 6.10 Å². The van der Waals surface area contributed by atoms with E-state index in [0.717, 1.165) is 51.4 Å². The standard InChI is InChI=1S/C42H81NO4/c1-3-5-7-9-11-13-15-17-18-19-20-21-22-23-24-25-27-29-31-33-35-37-41(46)43-39(38-44)42(47)40(45)36-34-32-30-28-26-16-14-12-10-8-6-4-2/h5,7,11,13,39-40,42,44-45,47H,3-4,6,8-10,12,14-38H2,1-2H3,(H,43,46)/b7-5-,13-11-. The van der Waals surface area contributed by atoms with Crippen LogP contribution >= 0.6 is 0 Å². The Morgan fingerprint density at radius 2 is 0.979 bits per heavy atom. The predicted octanol–water partition coefficient (Wildman–Crippen LogP) is 11.4. The second-order valence-electron chi connectivity index (χ2n) is 14.2. The van der Waals surface area contributed by atoms with E-state index in [9.17, 15) is 20.1 Å². The number of hydrogen-bond acceptors (Lipinski definition) is 4. The molecule has 5 heteroatoms. The van der Waals surface area contributed by atoms with Gasteiger partial charge in [0, 0.05) is 6.42 Å². The van der Waals surface area contributed by atoms with Gasteiger partial charge in [-0.3, -0.25) is 4.79 Å². The average molecular weight is 664 g/mol. The molecule has 1 amide bonds. The van der Waals surface area contributed by atoms with Crippen LogP contribution in [0.3, 0.4) is 0 Å². The Morgan fingerprint density at radius 1 is 0.553 bits per heavy atom. The van der Waals surface area contributed by atoms with Gasteiger partial charge in [0.05, 0.1) is 18.8 Å². The van der Waals surface area contributed by atoms with Gasteiger partial charge < -0.3 is 20.6 Å². The fourth-order valence-corrected chi connectivity index (χ4v) is 6.38. The van der Waals surface area contributed by atoms with Crippen LogP contribution in [0.2, 0.25) is 0 Å². The topological polar surface area (TPSA) is 89.8 Å². The van der Waals surface area contributed by atoms with Crippen LogP contribution in [0.15, 0.2) is 24.3 Å². The van der Waals surface area contributed by atoms with Crippen molar-refractivity contribution in [3.63, 3.8) is 0 Å². The average Bonchev–Trinajstić information content (AvgIpc) is 3.07. The van der Waals surface area contributed by atoms with Crippen molar-refractivity contribution < 1.29 is 20.1 Å². The summed E-state index contributed by atoms with van der Waals surface area (Å²) in [5.41, 5.74) is 0. The van der Waals surface area contributed by atoms with Gasteiger partial charge in [0.2, 0.25) is 5.91 Å². The van der Waals surface area contributed by atoms with E-state index in [0.29, 0.717) is 12.8 Å². The van der Waals surface area contributed by atoms with Gasteiger partial charge >= 0.3 is 0 Å². The van der Waals surface area contributed by atoms with E-state index >= 15 is 0 Å². The number of unbranched alkanes of at least 4 members (excludes halogenated alkanes) is 25. The molecule has 0 spiro atoms. The van der Waals surface area contributed by atoms with Gasteiger partial charge in [0.15, 0.2) is 0 Å². The highest BCUT2D eigenvalue weighted by Gasteiger charge is 2.26. The molecule has 0 saturated carbocycles. The van der Waals surface area contributed by atoms with E-state index in [1.54, 1.807) is 0 Å². The van der Waals surface area contributed by atoms with E-state index in [1.807, 2.05) is 0 Å². The number of amides is 1. The van der Waals surface area contributed by atoms with Gasteiger partial charge in [-0.25, -0.2) is 0 Å². The van der Waals surface area contributed by atoms with Crippen molar-refractivity contribution in [2.45, 2.75) is 231 Å². The van der Waals surface area contributed by atoms with Crippen LogP contribution in [0.4, 0.5) is 0 Å². The second-order valence-corrected chi connectivity index (χ2v) is 14.2. The molecule has 0 aliphatic carbocycles. The molecule has 0 aliphatic heterocycles. The first-order chi connectivity index (χ1) is 23.1. The molecule has 0 heterocycles. The fraction of sp³-hybridized carbons (Fsp3) is 0.881. The molecule has 3 atom stereocenters. The number of rotatable bonds is 37. The van der Waals surface area contributed by atoms with Crippen LogP contribution in [0.1, 0.15) is 213 Å². The molecule has 0 aliphatic rings. The summed E-state index contributed by atoms with van der Waals surface area (Å²) in [6.45, 7) is 4.07.